The molecule has 0 unspecified atom stereocenters. The van der Waals surface area contributed by atoms with Crippen molar-refractivity contribution in [3.8, 4) is 0 Å². The first-order valence-electron chi connectivity index (χ1n) is 7.37. The zero-order valence-electron chi connectivity index (χ0n) is 12.3. The maximum absolute atomic E-state index is 12.4. The smallest absolute Gasteiger partial charge is 0.270 e. The maximum atomic E-state index is 12.4. The number of amides is 1. The number of carbonyl (C=O) groups excluding carboxylic acids is 1. The van der Waals surface area contributed by atoms with Gasteiger partial charge >= 0.3 is 0 Å². The highest BCUT2D eigenvalue weighted by molar-refractivity contribution is 5.97. The molecule has 1 aliphatic heterocycles. The highest BCUT2D eigenvalue weighted by atomic mass is 16.5. The summed E-state index contributed by atoms with van der Waals surface area (Å²) in [6.45, 7) is 5.11. The van der Waals surface area contributed by atoms with Gasteiger partial charge < -0.3 is 14.6 Å². The molecule has 21 heavy (non-hydrogen) atoms. The first-order chi connectivity index (χ1) is 10.2. The van der Waals surface area contributed by atoms with Crippen LogP contribution in [0.4, 0.5) is 0 Å². The Bertz CT molecular complexity index is 584. The molecule has 0 bridgehead atoms. The Morgan fingerprint density at radius 1 is 1.33 bits per heavy atom. The average molecular weight is 287 g/mol. The minimum atomic E-state index is 0.0412. The van der Waals surface area contributed by atoms with Crippen LogP contribution >= 0.6 is 0 Å². The molecule has 0 atom stereocenters. The van der Waals surface area contributed by atoms with Crippen LogP contribution in [0.5, 0.6) is 0 Å². The van der Waals surface area contributed by atoms with Gasteiger partial charge in [-0.2, -0.15) is 0 Å². The number of nitrogens with zero attached hydrogens (tertiary/aromatic N) is 2. The van der Waals surface area contributed by atoms with Crippen LogP contribution in [0.3, 0.4) is 0 Å². The van der Waals surface area contributed by atoms with E-state index in [1.165, 1.54) is 0 Å². The normalized spacial score (nSPS) is 16.2. The largest absolute Gasteiger partial charge is 0.379 e. The molecule has 1 N–H and O–H groups in total. The molecule has 0 saturated carbocycles. The van der Waals surface area contributed by atoms with Gasteiger partial charge in [-0.25, -0.2) is 0 Å². The van der Waals surface area contributed by atoms with Crippen LogP contribution in [0, 0.1) is 0 Å². The van der Waals surface area contributed by atoms with Crippen LogP contribution in [-0.4, -0.2) is 67.1 Å². The minimum absolute atomic E-state index is 0.0412. The Labute approximate surface area is 124 Å². The number of H-pyrrole nitrogens is 1. The van der Waals surface area contributed by atoms with Gasteiger partial charge in [0.05, 0.1) is 13.2 Å². The molecule has 112 valence electrons. The van der Waals surface area contributed by atoms with Crippen LogP contribution in [0.25, 0.3) is 10.9 Å². The monoisotopic (exact) mass is 287 g/mol. The van der Waals surface area contributed by atoms with Gasteiger partial charge in [-0.3, -0.25) is 9.69 Å². The van der Waals surface area contributed by atoms with E-state index in [1.807, 2.05) is 37.4 Å². The Hall–Kier alpha value is -1.85. The number of aromatic nitrogens is 1. The molecule has 5 heteroatoms. The summed E-state index contributed by atoms with van der Waals surface area (Å²) < 4.78 is 5.33. The molecule has 2 aromatic rings. The summed E-state index contributed by atoms with van der Waals surface area (Å²) in [6, 6.07) is 9.86. The van der Waals surface area contributed by atoms with E-state index in [0.29, 0.717) is 5.69 Å². The van der Waals surface area contributed by atoms with E-state index in [1.54, 1.807) is 4.90 Å². The van der Waals surface area contributed by atoms with E-state index in [4.69, 9.17) is 4.74 Å². The first-order valence-corrected chi connectivity index (χ1v) is 7.37. The summed E-state index contributed by atoms with van der Waals surface area (Å²) in [5.41, 5.74) is 1.66. The molecule has 0 radical (unpaired) electrons. The van der Waals surface area contributed by atoms with E-state index in [-0.39, 0.29) is 5.91 Å². The molecule has 1 aromatic carbocycles. The number of para-hydroxylation sites is 1. The van der Waals surface area contributed by atoms with Crippen molar-refractivity contribution in [3.63, 3.8) is 0 Å². The molecule has 1 aliphatic rings. The van der Waals surface area contributed by atoms with Crippen molar-refractivity contribution in [2.75, 3.05) is 46.4 Å². The first kappa shape index (κ1) is 14.1. The molecular formula is C16H21N3O2. The number of fused-ring (bicyclic) bond motifs is 1. The van der Waals surface area contributed by atoms with Crippen molar-refractivity contribution in [2.24, 2.45) is 0 Å². The lowest BCUT2D eigenvalue weighted by Gasteiger charge is -2.28. The van der Waals surface area contributed by atoms with E-state index in [0.717, 1.165) is 50.3 Å². The van der Waals surface area contributed by atoms with Crippen LogP contribution in [0.15, 0.2) is 30.3 Å². The van der Waals surface area contributed by atoms with Gasteiger partial charge in [0, 0.05) is 44.1 Å². The molecule has 1 amide bonds. The van der Waals surface area contributed by atoms with Gasteiger partial charge in [-0.15, -0.1) is 0 Å². The van der Waals surface area contributed by atoms with E-state index < -0.39 is 0 Å². The number of hydrogen-bond donors (Lipinski definition) is 1. The summed E-state index contributed by atoms with van der Waals surface area (Å²) in [5, 5.41) is 1.07. The molecule has 1 aromatic heterocycles. The summed E-state index contributed by atoms with van der Waals surface area (Å²) in [7, 11) is 1.86. The molecule has 2 heterocycles. The Kier molecular flexibility index (Phi) is 4.22. The number of rotatable bonds is 4. The topological polar surface area (TPSA) is 48.6 Å². The number of hydrogen-bond acceptors (Lipinski definition) is 3. The quantitative estimate of drug-likeness (QED) is 0.928. The third-order valence-corrected chi connectivity index (χ3v) is 3.96. The molecule has 5 nitrogen and oxygen atoms in total. The van der Waals surface area contributed by atoms with Crippen molar-refractivity contribution >= 4 is 16.8 Å². The number of ether oxygens (including phenoxy) is 1. The fourth-order valence-corrected chi connectivity index (χ4v) is 2.61. The third-order valence-electron chi connectivity index (χ3n) is 3.96. The minimum Gasteiger partial charge on any atom is -0.379 e. The van der Waals surface area contributed by atoms with Crippen LogP contribution < -0.4 is 0 Å². The third kappa shape index (κ3) is 3.25. The highest BCUT2D eigenvalue weighted by Gasteiger charge is 2.16. The average Bonchev–Trinajstić information content (AvgIpc) is 2.97. The van der Waals surface area contributed by atoms with Crippen LogP contribution in [-0.2, 0) is 4.74 Å². The number of benzene rings is 1. The number of nitrogens with one attached hydrogen (secondary N) is 1. The molecule has 1 fully saturated rings. The number of morpholine rings is 1. The van der Waals surface area contributed by atoms with Gasteiger partial charge in [-0.1, -0.05) is 18.2 Å². The Balaban J connectivity index is 1.60. The highest BCUT2D eigenvalue weighted by Crippen LogP contribution is 2.15. The molecule has 0 spiro atoms. The second-order valence-electron chi connectivity index (χ2n) is 5.45. The zero-order chi connectivity index (χ0) is 14.7. The molecule has 3 rings (SSSR count). The second kappa shape index (κ2) is 6.28. The zero-order valence-corrected chi connectivity index (χ0v) is 12.3. The maximum Gasteiger partial charge on any atom is 0.270 e. The SMILES string of the molecule is CN(CCN1CCOCC1)C(=O)c1cc2ccccc2[nH]1. The van der Waals surface area contributed by atoms with Gasteiger partial charge in [0.2, 0.25) is 0 Å². The van der Waals surface area contributed by atoms with E-state index in [2.05, 4.69) is 9.88 Å². The number of likely N-dealkylation sites (N-methyl/N-ethyl adjacent to an activating group) is 1. The Morgan fingerprint density at radius 3 is 2.86 bits per heavy atom. The van der Waals surface area contributed by atoms with Crippen LogP contribution in [0.1, 0.15) is 10.5 Å². The summed E-state index contributed by atoms with van der Waals surface area (Å²) in [5.74, 6) is 0.0412. The Morgan fingerprint density at radius 2 is 2.10 bits per heavy atom. The molecule has 0 aliphatic carbocycles. The number of aromatic amines is 1. The lowest BCUT2D eigenvalue weighted by molar-refractivity contribution is 0.0338. The molecular weight excluding hydrogens is 266 g/mol. The van der Waals surface area contributed by atoms with Crippen molar-refractivity contribution in [2.45, 2.75) is 0 Å². The van der Waals surface area contributed by atoms with Gasteiger partial charge in [-0.05, 0) is 12.1 Å². The predicted molar refractivity (Wildman–Crippen MR) is 82.5 cm³/mol. The fraction of sp³-hybridized carbons (Fsp3) is 0.438. The van der Waals surface area contributed by atoms with Crippen LogP contribution in [0.2, 0.25) is 0 Å². The van der Waals surface area contributed by atoms with Crippen molar-refractivity contribution in [3.05, 3.63) is 36.0 Å². The number of carbonyl (C=O) groups is 1. The second-order valence-corrected chi connectivity index (χ2v) is 5.45. The summed E-state index contributed by atoms with van der Waals surface area (Å²) in [4.78, 5) is 19.7. The van der Waals surface area contributed by atoms with Crippen molar-refractivity contribution in [1.82, 2.24) is 14.8 Å². The fourth-order valence-electron chi connectivity index (χ4n) is 2.61. The van der Waals surface area contributed by atoms with E-state index in [9.17, 15) is 4.79 Å². The lowest BCUT2D eigenvalue weighted by atomic mass is 10.2. The van der Waals surface area contributed by atoms with Gasteiger partial charge in [0.15, 0.2) is 0 Å². The molecule has 1 saturated heterocycles. The van der Waals surface area contributed by atoms with Gasteiger partial charge in [0.1, 0.15) is 5.69 Å². The van der Waals surface area contributed by atoms with Gasteiger partial charge in [0.25, 0.3) is 5.91 Å². The lowest BCUT2D eigenvalue weighted by Crippen LogP contribution is -2.42. The van der Waals surface area contributed by atoms with E-state index >= 15 is 0 Å². The predicted octanol–water partition coefficient (Wildman–Crippen LogP) is 1.57. The summed E-state index contributed by atoms with van der Waals surface area (Å²) >= 11 is 0. The summed E-state index contributed by atoms with van der Waals surface area (Å²) in [6.07, 6.45) is 0. The van der Waals surface area contributed by atoms with Crippen molar-refractivity contribution in [1.29, 1.82) is 0 Å². The standard InChI is InChI=1S/C16H21N3O2/c1-18(6-7-19-8-10-21-11-9-19)16(20)15-12-13-4-2-3-5-14(13)17-15/h2-5,12,17H,6-11H2,1H3. The van der Waals surface area contributed by atoms with Crippen molar-refractivity contribution < 1.29 is 9.53 Å².